The third-order valence-electron chi connectivity index (χ3n) is 4.43. The smallest absolute Gasteiger partial charge is 0.274 e. The lowest BCUT2D eigenvalue weighted by molar-refractivity contribution is -0.0455. The van der Waals surface area contributed by atoms with Crippen LogP contribution in [-0.4, -0.2) is 57.2 Å². The summed E-state index contributed by atoms with van der Waals surface area (Å²) in [4.78, 5) is 26.9. The van der Waals surface area contributed by atoms with Gasteiger partial charge in [-0.15, -0.1) is 0 Å². The second-order valence-electron chi connectivity index (χ2n) is 5.92. The van der Waals surface area contributed by atoms with E-state index in [1.54, 1.807) is 17.3 Å². The standard InChI is InChI=1S/C17H18N4O3/c22-17(12-10-18-7-8-19-12)21-11-14(16-13(21)4-3-9-23-16)24-15-5-1-2-6-20-15/h1-2,5-8,10,13-14,16H,3-4,9,11H2/t13-,14+,16+/m0/s1. The number of nitrogens with zero attached hydrogens (tertiary/aromatic N) is 4. The maximum absolute atomic E-state index is 12.8. The molecule has 0 radical (unpaired) electrons. The molecule has 4 heterocycles. The number of carbonyl (C=O) groups is 1. The van der Waals surface area contributed by atoms with Crippen LogP contribution in [0.5, 0.6) is 5.88 Å². The van der Waals surface area contributed by atoms with Crippen LogP contribution in [0.25, 0.3) is 0 Å². The van der Waals surface area contributed by atoms with Gasteiger partial charge in [0.15, 0.2) is 0 Å². The zero-order chi connectivity index (χ0) is 16.4. The van der Waals surface area contributed by atoms with Crippen molar-refractivity contribution >= 4 is 5.91 Å². The molecular weight excluding hydrogens is 308 g/mol. The average Bonchev–Trinajstić information content (AvgIpc) is 3.01. The fourth-order valence-electron chi connectivity index (χ4n) is 3.38. The highest BCUT2D eigenvalue weighted by Crippen LogP contribution is 2.32. The Bertz CT molecular complexity index is 697. The van der Waals surface area contributed by atoms with Gasteiger partial charge < -0.3 is 14.4 Å². The van der Waals surface area contributed by atoms with Gasteiger partial charge in [0, 0.05) is 31.3 Å². The lowest BCUT2D eigenvalue weighted by Crippen LogP contribution is -2.44. The quantitative estimate of drug-likeness (QED) is 0.847. The number of hydrogen-bond acceptors (Lipinski definition) is 6. The zero-order valence-electron chi connectivity index (χ0n) is 13.1. The van der Waals surface area contributed by atoms with E-state index in [-0.39, 0.29) is 24.2 Å². The normalized spacial score (nSPS) is 26.0. The van der Waals surface area contributed by atoms with E-state index in [9.17, 15) is 4.79 Å². The molecule has 2 fully saturated rings. The molecule has 124 valence electrons. The molecule has 2 saturated heterocycles. The fourth-order valence-corrected chi connectivity index (χ4v) is 3.38. The maximum atomic E-state index is 12.8. The fraction of sp³-hybridized carbons (Fsp3) is 0.412. The molecule has 0 N–H and O–H groups in total. The Morgan fingerprint density at radius 3 is 3.00 bits per heavy atom. The summed E-state index contributed by atoms with van der Waals surface area (Å²) in [5.74, 6) is 0.417. The van der Waals surface area contributed by atoms with Crippen LogP contribution in [0.2, 0.25) is 0 Å². The van der Waals surface area contributed by atoms with Crippen molar-refractivity contribution in [1.29, 1.82) is 0 Å². The lowest BCUT2D eigenvalue weighted by Gasteiger charge is -2.31. The Balaban J connectivity index is 1.56. The molecule has 4 rings (SSSR count). The summed E-state index contributed by atoms with van der Waals surface area (Å²) < 4.78 is 11.9. The molecule has 0 unspecified atom stereocenters. The first-order chi connectivity index (χ1) is 11.8. The van der Waals surface area contributed by atoms with Gasteiger partial charge in [-0.1, -0.05) is 6.07 Å². The van der Waals surface area contributed by atoms with Gasteiger partial charge in [-0.25, -0.2) is 9.97 Å². The van der Waals surface area contributed by atoms with E-state index in [2.05, 4.69) is 15.0 Å². The van der Waals surface area contributed by atoms with Gasteiger partial charge in [0.25, 0.3) is 5.91 Å². The van der Waals surface area contributed by atoms with Gasteiger partial charge in [0.05, 0.1) is 18.8 Å². The molecule has 2 aliphatic heterocycles. The number of amides is 1. The number of pyridine rings is 1. The van der Waals surface area contributed by atoms with Crippen LogP contribution in [0.15, 0.2) is 43.0 Å². The van der Waals surface area contributed by atoms with Crippen molar-refractivity contribution in [2.75, 3.05) is 13.2 Å². The monoisotopic (exact) mass is 326 g/mol. The summed E-state index contributed by atoms with van der Waals surface area (Å²) in [5, 5.41) is 0. The molecule has 1 amide bonds. The van der Waals surface area contributed by atoms with E-state index < -0.39 is 0 Å². The Labute approximate surface area is 139 Å². The molecule has 24 heavy (non-hydrogen) atoms. The average molecular weight is 326 g/mol. The SMILES string of the molecule is O=C(c1cnccn1)N1C[C@@H](Oc2ccccn2)[C@@H]2OCCC[C@@H]21. The van der Waals surface area contributed by atoms with Gasteiger partial charge in [-0.3, -0.25) is 9.78 Å². The first-order valence-corrected chi connectivity index (χ1v) is 8.09. The van der Waals surface area contributed by atoms with Crippen molar-refractivity contribution in [1.82, 2.24) is 19.9 Å². The van der Waals surface area contributed by atoms with Crippen molar-refractivity contribution in [2.24, 2.45) is 0 Å². The van der Waals surface area contributed by atoms with E-state index in [0.717, 1.165) is 12.8 Å². The minimum absolute atomic E-state index is 0.00182. The highest BCUT2D eigenvalue weighted by Gasteiger charge is 2.47. The topological polar surface area (TPSA) is 77.4 Å². The van der Waals surface area contributed by atoms with Gasteiger partial charge in [0.2, 0.25) is 5.88 Å². The molecule has 2 aliphatic rings. The Kier molecular flexibility index (Phi) is 4.08. The molecule has 3 atom stereocenters. The molecule has 0 spiro atoms. The largest absolute Gasteiger partial charge is 0.470 e. The summed E-state index contributed by atoms with van der Waals surface area (Å²) in [7, 11) is 0. The van der Waals surface area contributed by atoms with Crippen LogP contribution in [0.4, 0.5) is 0 Å². The first kappa shape index (κ1) is 15.0. The molecule has 0 bridgehead atoms. The number of fused-ring (bicyclic) bond motifs is 1. The van der Waals surface area contributed by atoms with Gasteiger partial charge in [0.1, 0.15) is 17.9 Å². The molecule has 2 aromatic heterocycles. The number of ether oxygens (including phenoxy) is 2. The van der Waals surface area contributed by atoms with Crippen LogP contribution in [0, 0.1) is 0 Å². The highest BCUT2D eigenvalue weighted by atomic mass is 16.5. The number of rotatable bonds is 3. The number of carbonyl (C=O) groups excluding carboxylic acids is 1. The number of likely N-dealkylation sites (tertiary alicyclic amines) is 1. The molecule has 0 aliphatic carbocycles. The van der Waals surface area contributed by atoms with Crippen molar-refractivity contribution in [3.8, 4) is 5.88 Å². The summed E-state index contributed by atoms with van der Waals surface area (Å²) in [5.41, 5.74) is 0.348. The van der Waals surface area contributed by atoms with E-state index >= 15 is 0 Å². The Morgan fingerprint density at radius 2 is 2.21 bits per heavy atom. The van der Waals surface area contributed by atoms with Crippen LogP contribution in [-0.2, 0) is 4.74 Å². The Hall–Kier alpha value is -2.54. The lowest BCUT2D eigenvalue weighted by atomic mass is 10.0. The molecular formula is C17H18N4O3. The zero-order valence-corrected chi connectivity index (χ0v) is 13.1. The Morgan fingerprint density at radius 1 is 1.25 bits per heavy atom. The highest BCUT2D eigenvalue weighted by molar-refractivity contribution is 5.92. The van der Waals surface area contributed by atoms with Gasteiger partial charge in [-0.2, -0.15) is 0 Å². The van der Waals surface area contributed by atoms with Crippen molar-refractivity contribution < 1.29 is 14.3 Å². The van der Waals surface area contributed by atoms with Crippen LogP contribution in [0.3, 0.4) is 0 Å². The van der Waals surface area contributed by atoms with Crippen LogP contribution < -0.4 is 4.74 Å². The summed E-state index contributed by atoms with van der Waals surface area (Å²) in [6.07, 6.45) is 7.73. The molecule has 2 aromatic rings. The number of hydrogen-bond donors (Lipinski definition) is 0. The third kappa shape index (κ3) is 2.82. The van der Waals surface area contributed by atoms with E-state index in [0.29, 0.717) is 24.7 Å². The second kappa shape index (κ2) is 6.52. The molecule has 7 heteroatoms. The summed E-state index contributed by atoms with van der Waals surface area (Å²) in [6.45, 7) is 1.15. The van der Waals surface area contributed by atoms with Crippen LogP contribution in [0.1, 0.15) is 23.3 Å². The minimum Gasteiger partial charge on any atom is -0.470 e. The van der Waals surface area contributed by atoms with Crippen molar-refractivity contribution in [2.45, 2.75) is 31.1 Å². The van der Waals surface area contributed by atoms with Crippen molar-refractivity contribution in [3.63, 3.8) is 0 Å². The predicted octanol–water partition coefficient (Wildman–Crippen LogP) is 1.32. The second-order valence-corrected chi connectivity index (χ2v) is 5.92. The predicted molar refractivity (Wildman–Crippen MR) is 84.5 cm³/mol. The third-order valence-corrected chi connectivity index (χ3v) is 4.43. The molecule has 0 aromatic carbocycles. The van der Waals surface area contributed by atoms with Crippen molar-refractivity contribution in [3.05, 3.63) is 48.7 Å². The maximum Gasteiger partial charge on any atom is 0.274 e. The van der Waals surface area contributed by atoms with E-state index in [1.165, 1.54) is 12.4 Å². The summed E-state index contributed by atoms with van der Waals surface area (Å²) >= 11 is 0. The van der Waals surface area contributed by atoms with Gasteiger partial charge in [-0.05, 0) is 18.9 Å². The molecule has 7 nitrogen and oxygen atoms in total. The minimum atomic E-state index is -0.231. The number of aromatic nitrogens is 3. The van der Waals surface area contributed by atoms with Gasteiger partial charge >= 0.3 is 0 Å². The summed E-state index contributed by atoms with van der Waals surface area (Å²) in [6, 6.07) is 5.52. The molecule has 0 saturated carbocycles. The first-order valence-electron chi connectivity index (χ1n) is 8.09. The van der Waals surface area contributed by atoms with E-state index in [4.69, 9.17) is 9.47 Å². The van der Waals surface area contributed by atoms with E-state index in [1.807, 2.05) is 18.2 Å². The van der Waals surface area contributed by atoms with Crippen LogP contribution >= 0.6 is 0 Å².